The topological polar surface area (TPSA) is 87.2 Å². The Morgan fingerprint density at radius 3 is 2.82 bits per heavy atom. The summed E-state index contributed by atoms with van der Waals surface area (Å²) >= 11 is 0. The summed E-state index contributed by atoms with van der Waals surface area (Å²) in [5.74, 6) is 1.31. The van der Waals surface area contributed by atoms with Crippen LogP contribution in [0.15, 0.2) is 24.7 Å². The predicted octanol–water partition coefficient (Wildman–Crippen LogP) is 0.166. The van der Waals surface area contributed by atoms with Crippen LogP contribution in [0.4, 0.5) is 0 Å². The molecule has 0 bridgehead atoms. The number of aromatic nitrogens is 4. The van der Waals surface area contributed by atoms with Crippen LogP contribution in [-0.4, -0.2) is 69.2 Å². The quantitative estimate of drug-likeness (QED) is 0.866. The van der Waals surface area contributed by atoms with Gasteiger partial charge in [0.2, 0.25) is 5.88 Å². The highest BCUT2D eigenvalue weighted by Gasteiger charge is 2.23. The van der Waals surface area contributed by atoms with Crippen LogP contribution in [0.1, 0.15) is 16.2 Å². The fourth-order valence-corrected chi connectivity index (χ4v) is 2.46. The van der Waals surface area contributed by atoms with E-state index in [0.29, 0.717) is 24.5 Å². The molecule has 1 saturated heterocycles. The van der Waals surface area contributed by atoms with E-state index in [1.54, 1.807) is 25.4 Å². The van der Waals surface area contributed by atoms with Crippen LogP contribution >= 0.6 is 0 Å². The third-order valence-electron chi connectivity index (χ3n) is 3.69. The van der Waals surface area contributed by atoms with Gasteiger partial charge >= 0.3 is 0 Å². The Kier molecular flexibility index (Phi) is 4.29. The molecule has 0 aliphatic carbocycles. The molecule has 2 aromatic heterocycles. The van der Waals surface area contributed by atoms with Gasteiger partial charge in [-0.25, -0.2) is 9.97 Å². The average molecular weight is 302 g/mol. The number of carbonyl (C=O) groups is 1. The van der Waals surface area contributed by atoms with E-state index in [1.807, 2.05) is 4.90 Å². The number of rotatable bonds is 4. The molecule has 3 heterocycles. The second kappa shape index (κ2) is 6.52. The van der Waals surface area contributed by atoms with Gasteiger partial charge in [0.15, 0.2) is 0 Å². The lowest BCUT2D eigenvalue weighted by Crippen LogP contribution is -2.48. The highest BCUT2D eigenvalue weighted by molar-refractivity contribution is 5.94. The van der Waals surface area contributed by atoms with Crippen molar-refractivity contribution >= 4 is 5.91 Å². The molecule has 1 fully saturated rings. The zero-order valence-electron chi connectivity index (χ0n) is 12.4. The van der Waals surface area contributed by atoms with E-state index in [4.69, 9.17) is 4.74 Å². The van der Waals surface area contributed by atoms with Crippen molar-refractivity contribution in [3.63, 3.8) is 0 Å². The van der Waals surface area contributed by atoms with Crippen LogP contribution in [0.5, 0.6) is 5.88 Å². The van der Waals surface area contributed by atoms with Gasteiger partial charge < -0.3 is 9.64 Å². The number of nitrogens with zero attached hydrogens (tertiary/aromatic N) is 5. The number of amides is 1. The summed E-state index contributed by atoms with van der Waals surface area (Å²) in [6, 6.07) is 3.38. The van der Waals surface area contributed by atoms with Crippen LogP contribution in [0.25, 0.3) is 0 Å². The predicted molar refractivity (Wildman–Crippen MR) is 78.4 cm³/mol. The molecule has 8 nitrogen and oxygen atoms in total. The molecule has 0 spiro atoms. The molecule has 8 heteroatoms. The SMILES string of the molecule is COc1cc(C(=O)N2CCN(Cc3ncn[nH]3)CC2)ccn1. The first-order valence-electron chi connectivity index (χ1n) is 7.12. The highest BCUT2D eigenvalue weighted by Crippen LogP contribution is 2.13. The van der Waals surface area contributed by atoms with Gasteiger partial charge in [0.25, 0.3) is 5.91 Å². The van der Waals surface area contributed by atoms with E-state index >= 15 is 0 Å². The smallest absolute Gasteiger partial charge is 0.254 e. The minimum atomic E-state index is 0.0139. The summed E-state index contributed by atoms with van der Waals surface area (Å²) in [4.78, 5) is 24.7. The minimum Gasteiger partial charge on any atom is -0.481 e. The number of hydrogen-bond acceptors (Lipinski definition) is 6. The molecule has 0 radical (unpaired) electrons. The van der Waals surface area contributed by atoms with Crippen molar-refractivity contribution in [1.82, 2.24) is 30.0 Å². The lowest BCUT2D eigenvalue weighted by Gasteiger charge is -2.34. The van der Waals surface area contributed by atoms with E-state index in [1.165, 1.54) is 6.33 Å². The maximum absolute atomic E-state index is 12.5. The number of carbonyl (C=O) groups excluding carboxylic acids is 1. The van der Waals surface area contributed by atoms with Crippen LogP contribution < -0.4 is 4.74 Å². The van der Waals surface area contributed by atoms with Gasteiger partial charge in [-0.2, -0.15) is 5.10 Å². The molecule has 0 saturated carbocycles. The number of methoxy groups -OCH3 is 1. The van der Waals surface area contributed by atoms with Gasteiger partial charge in [-0.1, -0.05) is 0 Å². The molecular formula is C14H18N6O2. The fraction of sp³-hybridized carbons (Fsp3) is 0.429. The Balaban J connectivity index is 1.57. The number of pyridine rings is 1. The van der Waals surface area contributed by atoms with Gasteiger partial charge in [-0.15, -0.1) is 0 Å². The summed E-state index contributed by atoms with van der Waals surface area (Å²) in [5, 5.41) is 6.69. The van der Waals surface area contributed by atoms with Gasteiger partial charge in [0, 0.05) is 44.0 Å². The first-order valence-corrected chi connectivity index (χ1v) is 7.12. The number of piperazine rings is 1. The van der Waals surface area contributed by atoms with Gasteiger partial charge in [0.1, 0.15) is 12.2 Å². The van der Waals surface area contributed by atoms with E-state index in [2.05, 4.69) is 25.1 Å². The third kappa shape index (κ3) is 3.22. The largest absolute Gasteiger partial charge is 0.481 e. The monoisotopic (exact) mass is 302 g/mol. The minimum absolute atomic E-state index is 0.0139. The molecule has 0 aromatic carbocycles. The molecule has 22 heavy (non-hydrogen) atoms. The fourth-order valence-electron chi connectivity index (χ4n) is 2.46. The summed E-state index contributed by atoms with van der Waals surface area (Å²) < 4.78 is 5.06. The second-order valence-electron chi connectivity index (χ2n) is 5.09. The van der Waals surface area contributed by atoms with Crippen molar-refractivity contribution in [3.8, 4) is 5.88 Å². The van der Waals surface area contributed by atoms with E-state index in [0.717, 1.165) is 25.5 Å². The number of nitrogens with one attached hydrogen (secondary N) is 1. The Morgan fingerprint density at radius 2 is 2.14 bits per heavy atom. The Labute approximate surface area is 128 Å². The maximum atomic E-state index is 12.5. The van der Waals surface area contributed by atoms with Crippen molar-refractivity contribution in [2.24, 2.45) is 0 Å². The van der Waals surface area contributed by atoms with Crippen LogP contribution in [0.3, 0.4) is 0 Å². The summed E-state index contributed by atoms with van der Waals surface area (Å²) in [5.41, 5.74) is 0.607. The van der Waals surface area contributed by atoms with Crippen molar-refractivity contribution in [1.29, 1.82) is 0 Å². The van der Waals surface area contributed by atoms with Crippen molar-refractivity contribution in [2.75, 3.05) is 33.3 Å². The van der Waals surface area contributed by atoms with E-state index in [-0.39, 0.29) is 5.91 Å². The Morgan fingerprint density at radius 1 is 1.32 bits per heavy atom. The molecule has 1 amide bonds. The average Bonchev–Trinajstić information content (AvgIpc) is 3.08. The van der Waals surface area contributed by atoms with Crippen molar-refractivity contribution in [3.05, 3.63) is 36.0 Å². The Hall–Kier alpha value is -2.48. The Bertz CT molecular complexity index is 622. The molecule has 0 atom stereocenters. The molecule has 0 unspecified atom stereocenters. The molecule has 1 aliphatic heterocycles. The normalized spacial score (nSPS) is 15.8. The first-order chi connectivity index (χ1) is 10.8. The van der Waals surface area contributed by atoms with Crippen LogP contribution in [-0.2, 0) is 6.54 Å². The molecular weight excluding hydrogens is 284 g/mol. The molecule has 116 valence electrons. The summed E-state index contributed by atoms with van der Waals surface area (Å²) in [6.45, 7) is 3.74. The number of aromatic amines is 1. The first kappa shape index (κ1) is 14.5. The summed E-state index contributed by atoms with van der Waals surface area (Å²) in [7, 11) is 1.54. The van der Waals surface area contributed by atoms with Gasteiger partial charge in [-0.05, 0) is 6.07 Å². The number of hydrogen-bond donors (Lipinski definition) is 1. The van der Waals surface area contributed by atoms with Gasteiger partial charge in [-0.3, -0.25) is 14.8 Å². The van der Waals surface area contributed by atoms with Crippen molar-refractivity contribution < 1.29 is 9.53 Å². The van der Waals surface area contributed by atoms with Crippen LogP contribution in [0.2, 0.25) is 0 Å². The van der Waals surface area contributed by atoms with Gasteiger partial charge in [0.05, 0.1) is 13.7 Å². The second-order valence-corrected chi connectivity index (χ2v) is 5.09. The molecule has 3 rings (SSSR count). The zero-order chi connectivity index (χ0) is 15.4. The lowest BCUT2D eigenvalue weighted by atomic mass is 10.2. The lowest BCUT2D eigenvalue weighted by molar-refractivity contribution is 0.0625. The molecule has 1 N–H and O–H groups in total. The number of ether oxygens (including phenoxy) is 1. The maximum Gasteiger partial charge on any atom is 0.254 e. The molecule has 2 aromatic rings. The third-order valence-corrected chi connectivity index (χ3v) is 3.69. The number of H-pyrrole nitrogens is 1. The van der Waals surface area contributed by atoms with E-state index in [9.17, 15) is 4.79 Å². The van der Waals surface area contributed by atoms with E-state index < -0.39 is 0 Å². The van der Waals surface area contributed by atoms with Crippen LogP contribution in [0, 0.1) is 0 Å². The molecule has 1 aliphatic rings. The zero-order valence-corrected chi connectivity index (χ0v) is 12.4. The summed E-state index contributed by atoms with van der Waals surface area (Å²) in [6.07, 6.45) is 3.10. The highest BCUT2D eigenvalue weighted by atomic mass is 16.5. The standard InChI is InChI=1S/C14H18N6O2/c1-22-13-8-11(2-3-15-13)14(21)20-6-4-19(5-7-20)9-12-16-10-17-18-12/h2-3,8,10H,4-7,9H2,1H3,(H,16,17,18). The van der Waals surface area contributed by atoms with Crippen molar-refractivity contribution in [2.45, 2.75) is 6.54 Å².